The van der Waals surface area contributed by atoms with Crippen molar-refractivity contribution in [2.45, 2.75) is 69.7 Å². The molecule has 5 N–H and O–H groups in total. The van der Waals surface area contributed by atoms with E-state index in [0.717, 1.165) is 18.7 Å². The maximum atomic E-state index is 11.5. The number of rotatable bonds is 7. The predicted molar refractivity (Wildman–Crippen MR) is 134 cm³/mol. The van der Waals surface area contributed by atoms with E-state index < -0.39 is 6.09 Å². The van der Waals surface area contributed by atoms with Crippen LogP contribution >= 0.6 is 0 Å². The van der Waals surface area contributed by atoms with Crippen LogP contribution in [0.4, 0.5) is 22.4 Å². The number of nitrogens with zero attached hydrogens (tertiary/aromatic N) is 3. The molecular formula is C25H35N7O2. The van der Waals surface area contributed by atoms with Crippen LogP contribution in [0.3, 0.4) is 0 Å². The van der Waals surface area contributed by atoms with Crippen molar-refractivity contribution in [1.29, 1.82) is 0 Å². The molecule has 4 rings (SSSR count). The van der Waals surface area contributed by atoms with Gasteiger partial charge in [0.1, 0.15) is 11.6 Å². The molecule has 9 nitrogen and oxygen atoms in total. The molecule has 182 valence electrons. The molecular weight excluding hydrogens is 430 g/mol. The number of ether oxygens (including phenoxy) is 1. The van der Waals surface area contributed by atoms with Gasteiger partial charge in [-0.3, -0.25) is 5.10 Å². The summed E-state index contributed by atoms with van der Waals surface area (Å²) >= 11 is 0. The maximum absolute atomic E-state index is 11.5. The van der Waals surface area contributed by atoms with Gasteiger partial charge >= 0.3 is 6.09 Å². The van der Waals surface area contributed by atoms with Crippen molar-refractivity contribution >= 4 is 23.7 Å². The fourth-order valence-corrected chi connectivity index (χ4v) is 4.23. The lowest BCUT2D eigenvalue weighted by Crippen LogP contribution is -2.36. The zero-order chi connectivity index (χ0) is 24.2. The number of nitrogens with one attached hydrogen (secondary N) is 3. The zero-order valence-electron chi connectivity index (χ0n) is 19.6. The van der Waals surface area contributed by atoms with E-state index in [1.54, 1.807) is 24.4 Å². The molecule has 0 bridgehead atoms. The fourth-order valence-electron chi connectivity index (χ4n) is 4.23. The first-order chi connectivity index (χ1) is 16.6. The summed E-state index contributed by atoms with van der Waals surface area (Å²) < 4.78 is 5.06. The normalized spacial score (nSPS) is 16.8. The lowest BCUT2D eigenvalue weighted by Gasteiger charge is -2.22. The fraction of sp³-hybridized carbons (Fsp3) is 0.440. The molecule has 2 aromatic rings. The number of anilines is 3. The summed E-state index contributed by atoms with van der Waals surface area (Å²) in [6.45, 7) is 7.09. The molecule has 0 radical (unpaired) electrons. The highest BCUT2D eigenvalue weighted by Gasteiger charge is 2.19. The third-order valence-electron chi connectivity index (χ3n) is 5.94. The number of allylic oxidation sites excluding steroid dienone is 3. The molecule has 0 saturated heterocycles. The van der Waals surface area contributed by atoms with E-state index in [2.05, 4.69) is 44.0 Å². The van der Waals surface area contributed by atoms with Gasteiger partial charge in [-0.25, -0.2) is 9.78 Å². The van der Waals surface area contributed by atoms with Crippen molar-refractivity contribution in [3.63, 3.8) is 0 Å². The van der Waals surface area contributed by atoms with Gasteiger partial charge in [0.2, 0.25) is 5.95 Å². The number of aromatic amines is 1. The minimum absolute atomic E-state index is 0.256. The van der Waals surface area contributed by atoms with Crippen LogP contribution in [0.1, 0.15) is 69.4 Å². The molecule has 2 heterocycles. The van der Waals surface area contributed by atoms with E-state index >= 15 is 0 Å². The Morgan fingerprint density at radius 3 is 2.53 bits per heavy atom. The monoisotopic (exact) mass is 465 g/mol. The van der Waals surface area contributed by atoms with E-state index in [1.165, 1.54) is 56.7 Å². The number of carbonyl (C=O) groups is 1. The molecule has 0 spiro atoms. The van der Waals surface area contributed by atoms with Crippen LogP contribution in [-0.4, -0.2) is 32.3 Å². The number of alkyl carbamates (subject to hydrolysis) is 1. The SMILES string of the molecule is C=C/C=C(\C=C)OC(=O)NC1CCCCC1.Nc1nccc(Nc2cc(C3CCCC3)[nH]n2)n1. The Hall–Kier alpha value is -3.62. The van der Waals surface area contributed by atoms with Crippen molar-refractivity contribution in [1.82, 2.24) is 25.5 Å². The van der Waals surface area contributed by atoms with Gasteiger partial charge < -0.3 is 21.1 Å². The smallest absolute Gasteiger partial charge is 0.410 e. The van der Waals surface area contributed by atoms with Crippen molar-refractivity contribution < 1.29 is 9.53 Å². The largest absolute Gasteiger partial charge is 0.412 e. The molecule has 0 atom stereocenters. The second kappa shape index (κ2) is 13.2. The van der Waals surface area contributed by atoms with Crippen LogP contribution in [0.2, 0.25) is 0 Å². The average Bonchev–Trinajstić information content (AvgIpc) is 3.52. The van der Waals surface area contributed by atoms with Crippen LogP contribution in [-0.2, 0) is 4.74 Å². The second-order valence-electron chi connectivity index (χ2n) is 8.49. The topological polar surface area (TPSA) is 131 Å². The number of amides is 1. The maximum Gasteiger partial charge on any atom is 0.412 e. The summed E-state index contributed by atoms with van der Waals surface area (Å²) in [5, 5.41) is 13.3. The standard InChI is InChI=1S/C13H19NO2.C12H16N6/c1-3-8-12(4-2)16-13(15)14-11-9-6-5-7-10-11;13-12-14-6-5-10(16-12)15-11-7-9(17-18-11)8-3-1-2-4-8/h3-4,8,11H,1-2,5-7,9-10H2,(H,14,15);5-8H,1-4H2,(H4,13,14,15,16,17,18)/b12-8+;. The van der Waals surface area contributed by atoms with E-state index in [1.807, 2.05) is 6.07 Å². The summed E-state index contributed by atoms with van der Waals surface area (Å²) in [7, 11) is 0. The van der Waals surface area contributed by atoms with Gasteiger partial charge in [0, 0.05) is 29.9 Å². The lowest BCUT2D eigenvalue weighted by molar-refractivity contribution is 0.171. The van der Waals surface area contributed by atoms with Crippen molar-refractivity contribution in [3.05, 3.63) is 61.2 Å². The van der Waals surface area contributed by atoms with Crippen molar-refractivity contribution in [2.24, 2.45) is 0 Å². The van der Waals surface area contributed by atoms with Crippen LogP contribution in [0, 0.1) is 0 Å². The third kappa shape index (κ3) is 8.06. The molecule has 9 heteroatoms. The van der Waals surface area contributed by atoms with E-state index in [9.17, 15) is 4.79 Å². The summed E-state index contributed by atoms with van der Waals surface area (Å²) in [4.78, 5) is 19.4. The van der Waals surface area contributed by atoms with Gasteiger partial charge in [-0.05, 0) is 43.9 Å². The summed E-state index contributed by atoms with van der Waals surface area (Å²) in [6, 6.07) is 4.07. The molecule has 2 fully saturated rings. The molecule has 0 unspecified atom stereocenters. The van der Waals surface area contributed by atoms with Gasteiger partial charge in [0.05, 0.1) is 0 Å². The third-order valence-corrected chi connectivity index (χ3v) is 5.94. The van der Waals surface area contributed by atoms with Crippen LogP contribution in [0.5, 0.6) is 0 Å². The Balaban J connectivity index is 0.000000192. The van der Waals surface area contributed by atoms with Gasteiger partial charge in [-0.1, -0.05) is 51.3 Å². The second-order valence-corrected chi connectivity index (χ2v) is 8.49. The molecule has 34 heavy (non-hydrogen) atoms. The number of H-pyrrole nitrogens is 1. The van der Waals surface area contributed by atoms with Crippen LogP contribution in [0.25, 0.3) is 0 Å². The minimum Gasteiger partial charge on any atom is -0.410 e. The molecule has 2 saturated carbocycles. The van der Waals surface area contributed by atoms with Crippen molar-refractivity contribution in [3.8, 4) is 0 Å². The number of carbonyl (C=O) groups excluding carboxylic acids is 1. The number of nitrogen functional groups attached to an aromatic ring is 1. The highest BCUT2D eigenvalue weighted by molar-refractivity contribution is 5.69. The number of aromatic nitrogens is 4. The number of hydrogen-bond donors (Lipinski definition) is 4. The zero-order valence-corrected chi connectivity index (χ0v) is 19.6. The average molecular weight is 466 g/mol. The summed E-state index contributed by atoms with van der Waals surface area (Å²) in [6.07, 6.45) is 16.7. The summed E-state index contributed by atoms with van der Waals surface area (Å²) in [5.74, 6) is 2.74. The van der Waals surface area contributed by atoms with Crippen molar-refractivity contribution in [2.75, 3.05) is 11.1 Å². The highest BCUT2D eigenvalue weighted by atomic mass is 16.6. The first-order valence-electron chi connectivity index (χ1n) is 11.9. The van der Waals surface area contributed by atoms with Gasteiger partial charge in [-0.15, -0.1) is 0 Å². The Kier molecular flexibility index (Phi) is 9.69. The van der Waals surface area contributed by atoms with Gasteiger partial charge in [0.25, 0.3) is 0 Å². The Morgan fingerprint density at radius 1 is 1.12 bits per heavy atom. The number of hydrogen-bond acceptors (Lipinski definition) is 7. The quantitative estimate of drug-likeness (QED) is 0.314. The molecule has 0 aliphatic heterocycles. The molecule has 2 aromatic heterocycles. The Labute approximate surface area is 201 Å². The predicted octanol–water partition coefficient (Wildman–Crippen LogP) is 5.48. The van der Waals surface area contributed by atoms with E-state index in [4.69, 9.17) is 10.5 Å². The van der Waals surface area contributed by atoms with Gasteiger partial charge in [0.15, 0.2) is 5.82 Å². The molecule has 0 aromatic carbocycles. The minimum atomic E-state index is -0.403. The Morgan fingerprint density at radius 2 is 1.85 bits per heavy atom. The number of nitrogens with two attached hydrogens (primary N) is 1. The van der Waals surface area contributed by atoms with Crippen LogP contribution < -0.4 is 16.4 Å². The van der Waals surface area contributed by atoms with E-state index in [0.29, 0.717) is 17.5 Å². The lowest BCUT2D eigenvalue weighted by atomic mass is 9.96. The first-order valence-corrected chi connectivity index (χ1v) is 11.9. The molecule has 2 aliphatic rings. The molecule has 1 amide bonds. The molecule has 2 aliphatic carbocycles. The Bertz CT molecular complexity index is 973. The summed E-state index contributed by atoms with van der Waals surface area (Å²) in [5.41, 5.74) is 6.73. The van der Waals surface area contributed by atoms with Crippen LogP contribution in [0.15, 0.2) is 55.5 Å². The first kappa shape index (κ1) is 25.0. The van der Waals surface area contributed by atoms with Gasteiger partial charge in [-0.2, -0.15) is 10.1 Å². The highest BCUT2D eigenvalue weighted by Crippen LogP contribution is 2.33. The van der Waals surface area contributed by atoms with E-state index in [-0.39, 0.29) is 12.0 Å².